The van der Waals surface area contributed by atoms with Gasteiger partial charge in [0.15, 0.2) is 0 Å². The maximum absolute atomic E-state index is 13.8. The van der Waals surface area contributed by atoms with E-state index in [4.69, 9.17) is 10.5 Å². The molecular weight excluding hydrogens is 271 g/mol. The van der Waals surface area contributed by atoms with Crippen molar-refractivity contribution in [1.29, 1.82) is 0 Å². The van der Waals surface area contributed by atoms with Crippen LogP contribution < -0.4 is 15.8 Å². The van der Waals surface area contributed by atoms with Gasteiger partial charge < -0.3 is 15.8 Å². The van der Waals surface area contributed by atoms with Gasteiger partial charge in [0.1, 0.15) is 17.1 Å². The van der Waals surface area contributed by atoms with E-state index < -0.39 is 11.7 Å². The minimum absolute atomic E-state index is 0.0820. The Kier molecular flexibility index (Phi) is 4.55. The maximum Gasteiger partial charge on any atom is 0.262 e. The van der Waals surface area contributed by atoms with Gasteiger partial charge in [0.2, 0.25) is 0 Å². The highest BCUT2D eigenvalue weighted by molar-refractivity contribution is 6.06. The Labute approximate surface area is 122 Å². The molecule has 1 amide bonds. The molecule has 0 aliphatic heterocycles. The lowest BCUT2D eigenvalue weighted by Crippen LogP contribution is -2.15. The normalized spacial score (nSPS) is 11.8. The third kappa shape index (κ3) is 3.38. The first-order valence-corrected chi connectivity index (χ1v) is 6.52. The zero-order valence-electron chi connectivity index (χ0n) is 11.9. The van der Waals surface area contributed by atoms with E-state index in [-0.39, 0.29) is 17.4 Å². The summed E-state index contributed by atoms with van der Waals surface area (Å²) in [6.45, 7) is 1.87. The summed E-state index contributed by atoms with van der Waals surface area (Å²) >= 11 is 0. The van der Waals surface area contributed by atoms with E-state index in [0.29, 0.717) is 5.69 Å². The predicted octanol–water partition coefficient (Wildman–Crippen LogP) is 3.11. The molecule has 0 spiro atoms. The van der Waals surface area contributed by atoms with Crippen molar-refractivity contribution in [3.05, 3.63) is 59.4 Å². The lowest BCUT2D eigenvalue weighted by atomic mass is 10.1. The Bertz CT molecular complexity index is 639. The number of amides is 1. The number of hydrogen-bond donors (Lipinski definition) is 2. The third-order valence-electron chi connectivity index (χ3n) is 3.12. The molecule has 0 bridgehead atoms. The van der Waals surface area contributed by atoms with Gasteiger partial charge in [0.05, 0.1) is 7.11 Å². The van der Waals surface area contributed by atoms with Gasteiger partial charge in [-0.3, -0.25) is 4.79 Å². The smallest absolute Gasteiger partial charge is 0.262 e. The maximum atomic E-state index is 13.8. The van der Waals surface area contributed by atoms with Crippen LogP contribution in [0.1, 0.15) is 28.9 Å². The molecule has 0 aromatic heterocycles. The van der Waals surface area contributed by atoms with Crippen LogP contribution in [0.15, 0.2) is 42.5 Å². The Hall–Kier alpha value is -2.40. The fourth-order valence-corrected chi connectivity index (χ4v) is 1.96. The first kappa shape index (κ1) is 15.0. The van der Waals surface area contributed by atoms with E-state index in [1.807, 2.05) is 19.1 Å². The van der Waals surface area contributed by atoms with Crippen LogP contribution in [0.2, 0.25) is 0 Å². The molecule has 110 valence electrons. The van der Waals surface area contributed by atoms with Crippen molar-refractivity contribution >= 4 is 11.6 Å². The van der Waals surface area contributed by atoms with E-state index in [2.05, 4.69) is 5.32 Å². The summed E-state index contributed by atoms with van der Waals surface area (Å²) < 4.78 is 18.8. The van der Waals surface area contributed by atoms with Crippen molar-refractivity contribution in [2.45, 2.75) is 13.0 Å². The van der Waals surface area contributed by atoms with Crippen molar-refractivity contribution in [2.75, 3.05) is 12.4 Å². The molecule has 2 aromatic carbocycles. The number of carbonyl (C=O) groups is 1. The van der Waals surface area contributed by atoms with Gasteiger partial charge in [0.25, 0.3) is 5.91 Å². The molecule has 0 saturated heterocycles. The molecule has 2 rings (SSSR count). The van der Waals surface area contributed by atoms with Crippen LogP contribution >= 0.6 is 0 Å². The molecule has 5 heteroatoms. The Morgan fingerprint density at radius 1 is 1.24 bits per heavy atom. The summed E-state index contributed by atoms with van der Waals surface area (Å²) in [5.74, 6) is -0.989. The monoisotopic (exact) mass is 288 g/mol. The summed E-state index contributed by atoms with van der Waals surface area (Å²) in [5, 5.41) is 2.64. The van der Waals surface area contributed by atoms with Gasteiger partial charge >= 0.3 is 0 Å². The number of nitrogens with one attached hydrogen (secondary N) is 1. The van der Waals surface area contributed by atoms with Gasteiger partial charge in [0, 0.05) is 11.7 Å². The Morgan fingerprint density at radius 3 is 2.48 bits per heavy atom. The molecule has 3 N–H and O–H groups in total. The fourth-order valence-electron chi connectivity index (χ4n) is 1.96. The lowest BCUT2D eigenvalue weighted by molar-refractivity contribution is 0.102. The van der Waals surface area contributed by atoms with E-state index in [0.717, 1.165) is 5.56 Å². The van der Waals surface area contributed by atoms with Crippen molar-refractivity contribution in [2.24, 2.45) is 5.73 Å². The minimum atomic E-state index is -0.626. The number of benzene rings is 2. The molecule has 0 radical (unpaired) electrons. The predicted molar refractivity (Wildman–Crippen MR) is 79.9 cm³/mol. The molecular formula is C16H17FN2O2. The minimum Gasteiger partial charge on any atom is -0.496 e. The van der Waals surface area contributed by atoms with Crippen molar-refractivity contribution < 1.29 is 13.9 Å². The van der Waals surface area contributed by atoms with Crippen molar-refractivity contribution in [3.8, 4) is 5.75 Å². The molecule has 0 aliphatic carbocycles. The molecule has 1 unspecified atom stereocenters. The van der Waals surface area contributed by atoms with Crippen LogP contribution in [0, 0.1) is 5.82 Å². The van der Waals surface area contributed by atoms with Crippen molar-refractivity contribution in [1.82, 2.24) is 0 Å². The first-order valence-electron chi connectivity index (χ1n) is 6.52. The van der Waals surface area contributed by atoms with E-state index in [9.17, 15) is 9.18 Å². The summed E-state index contributed by atoms with van der Waals surface area (Å²) in [6.07, 6.45) is 0. The van der Waals surface area contributed by atoms with E-state index in [1.165, 1.54) is 25.3 Å². The number of methoxy groups -OCH3 is 1. The zero-order valence-corrected chi connectivity index (χ0v) is 11.9. The van der Waals surface area contributed by atoms with E-state index >= 15 is 0 Å². The van der Waals surface area contributed by atoms with Gasteiger partial charge in [-0.1, -0.05) is 18.2 Å². The number of ether oxygens (including phenoxy) is 1. The SMILES string of the molecule is COc1cccc(F)c1C(=O)Nc1ccc(C(C)N)cc1. The van der Waals surface area contributed by atoms with Crippen LogP contribution in [0.5, 0.6) is 5.75 Å². The summed E-state index contributed by atoms with van der Waals surface area (Å²) in [6, 6.07) is 11.3. The zero-order chi connectivity index (χ0) is 15.4. The topological polar surface area (TPSA) is 64.3 Å². The molecule has 21 heavy (non-hydrogen) atoms. The Balaban J connectivity index is 2.22. The van der Waals surface area contributed by atoms with Crippen LogP contribution in [-0.4, -0.2) is 13.0 Å². The molecule has 2 aromatic rings. The number of nitrogens with two attached hydrogens (primary N) is 1. The molecule has 1 atom stereocenters. The number of anilines is 1. The van der Waals surface area contributed by atoms with Gasteiger partial charge in [-0.2, -0.15) is 0 Å². The van der Waals surface area contributed by atoms with Crippen LogP contribution in [0.3, 0.4) is 0 Å². The van der Waals surface area contributed by atoms with Crippen LogP contribution in [-0.2, 0) is 0 Å². The summed E-state index contributed by atoms with van der Waals surface area (Å²) in [5.41, 5.74) is 7.17. The molecule has 0 heterocycles. The van der Waals surface area contributed by atoms with Crippen LogP contribution in [0.25, 0.3) is 0 Å². The molecule has 0 fully saturated rings. The fraction of sp³-hybridized carbons (Fsp3) is 0.188. The number of halogens is 1. The summed E-state index contributed by atoms with van der Waals surface area (Å²) in [4.78, 5) is 12.2. The number of carbonyl (C=O) groups excluding carboxylic acids is 1. The molecule has 4 nitrogen and oxygen atoms in total. The standard InChI is InChI=1S/C16H17FN2O2/c1-10(18)11-6-8-12(9-7-11)19-16(20)15-13(17)4-3-5-14(15)21-2/h3-10H,18H2,1-2H3,(H,19,20). The highest BCUT2D eigenvalue weighted by Crippen LogP contribution is 2.23. The average Bonchev–Trinajstić information content (AvgIpc) is 2.47. The lowest BCUT2D eigenvalue weighted by Gasteiger charge is -2.11. The highest BCUT2D eigenvalue weighted by atomic mass is 19.1. The van der Waals surface area contributed by atoms with Gasteiger partial charge in [-0.15, -0.1) is 0 Å². The largest absolute Gasteiger partial charge is 0.496 e. The first-order chi connectivity index (χ1) is 10.0. The molecule has 0 aliphatic rings. The third-order valence-corrected chi connectivity index (χ3v) is 3.12. The van der Waals surface area contributed by atoms with Gasteiger partial charge in [-0.05, 0) is 36.8 Å². The molecule has 0 saturated carbocycles. The number of hydrogen-bond acceptors (Lipinski definition) is 3. The highest BCUT2D eigenvalue weighted by Gasteiger charge is 2.17. The van der Waals surface area contributed by atoms with E-state index in [1.54, 1.807) is 12.1 Å². The number of rotatable bonds is 4. The summed E-state index contributed by atoms with van der Waals surface area (Å²) in [7, 11) is 1.39. The quantitative estimate of drug-likeness (QED) is 0.908. The van der Waals surface area contributed by atoms with Gasteiger partial charge in [-0.25, -0.2) is 4.39 Å². The van der Waals surface area contributed by atoms with Crippen LogP contribution in [0.4, 0.5) is 10.1 Å². The second-order valence-corrected chi connectivity index (χ2v) is 4.68. The second kappa shape index (κ2) is 6.37. The van der Waals surface area contributed by atoms with Crippen molar-refractivity contribution in [3.63, 3.8) is 0 Å². The average molecular weight is 288 g/mol. The Morgan fingerprint density at radius 2 is 1.90 bits per heavy atom. The second-order valence-electron chi connectivity index (χ2n) is 4.68.